The standard InChI is InChI=1S/C11H25N3/c1-4-7-8-12-11-13-9-10-14(5-2)6-3/h11H,4-10H2,1-3H3,(H,12,13). The molecule has 0 spiro atoms. The van der Waals surface area contributed by atoms with Crippen molar-refractivity contribution in [2.24, 2.45) is 4.99 Å². The first-order valence-electron chi connectivity index (χ1n) is 5.79. The van der Waals surface area contributed by atoms with Crippen molar-refractivity contribution in [3.63, 3.8) is 0 Å². The Morgan fingerprint density at radius 1 is 1.21 bits per heavy atom. The minimum atomic E-state index is 0.904. The quantitative estimate of drug-likeness (QED) is 0.348. The Bertz CT molecular complexity index is 130. The van der Waals surface area contributed by atoms with E-state index in [0.717, 1.165) is 32.7 Å². The number of nitrogens with zero attached hydrogens (tertiary/aromatic N) is 2. The molecule has 3 nitrogen and oxygen atoms in total. The van der Waals surface area contributed by atoms with Crippen molar-refractivity contribution in [1.82, 2.24) is 10.2 Å². The van der Waals surface area contributed by atoms with Gasteiger partial charge in [0.15, 0.2) is 0 Å². The summed E-state index contributed by atoms with van der Waals surface area (Å²) < 4.78 is 0. The van der Waals surface area contributed by atoms with Crippen molar-refractivity contribution in [2.45, 2.75) is 33.6 Å². The van der Waals surface area contributed by atoms with Gasteiger partial charge in [-0.1, -0.05) is 27.2 Å². The molecule has 3 heteroatoms. The fourth-order valence-corrected chi connectivity index (χ4v) is 1.21. The molecule has 0 fully saturated rings. The molecule has 0 aliphatic rings. The minimum Gasteiger partial charge on any atom is -0.376 e. The molecule has 0 aromatic rings. The summed E-state index contributed by atoms with van der Waals surface area (Å²) in [7, 11) is 0. The molecule has 0 heterocycles. The summed E-state index contributed by atoms with van der Waals surface area (Å²) in [4.78, 5) is 6.68. The Kier molecular flexibility index (Phi) is 10.1. The zero-order valence-corrected chi connectivity index (χ0v) is 9.92. The highest BCUT2D eigenvalue weighted by atomic mass is 15.1. The Morgan fingerprint density at radius 3 is 2.50 bits per heavy atom. The van der Waals surface area contributed by atoms with Crippen molar-refractivity contribution in [1.29, 1.82) is 0 Å². The van der Waals surface area contributed by atoms with Crippen LogP contribution in [0.4, 0.5) is 0 Å². The highest BCUT2D eigenvalue weighted by Gasteiger charge is 1.95. The van der Waals surface area contributed by atoms with Gasteiger partial charge in [-0.25, -0.2) is 0 Å². The molecule has 0 aromatic carbocycles. The second-order valence-corrected chi connectivity index (χ2v) is 3.37. The number of nitrogens with one attached hydrogen (secondary N) is 1. The Hall–Kier alpha value is -0.570. The fraction of sp³-hybridized carbons (Fsp3) is 0.909. The van der Waals surface area contributed by atoms with E-state index < -0.39 is 0 Å². The summed E-state index contributed by atoms with van der Waals surface area (Å²) in [6.07, 6.45) is 4.31. The fourth-order valence-electron chi connectivity index (χ4n) is 1.21. The molecule has 0 radical (unpaired) electrons. The van der Waals surface area contributed by atoms with Gasteiger partial charge in [-0.05, 0) is 19.5 Å². The second-order valence-electron chi connectivity index (χ2n) is 3.37. The molecule has 1 N–H and O–H groups in total. The summed E-state index contributed by atoms with van der Waals surface area (Å²) in [6, 6.07) is 0. The van der Waals surface area contributed by atoms with E-state index in [2.05, 4.69) is 36.0 Å². The number of likely N-dealkylation sites (N-methyl/N-ethyl adjacent to an activating group) is 1. The molecule has 14 heavy (non-hydrogen) atoms. The van der Waals surface area contributed by atoms with Gasteiger partial charge in [-0.2, -0.15) is 0 Å². The molecule has 0 saturated heterocycles. The van der Waals surface area contributed by atoms with Crippen molar-refractivity contribution >= 4 is 6.34 Å². The number of aliphatic imine (C=N–C) groups is 1. The molecule has 0 aromatic heterocycles. The highest BCUT2D eigenvalue weighted by Crippen LogP contribution is 1.85. The lowest BCUT2D eigenvalue weighted by Crippen LogP contribution is -2.26. The zero-order chi connectivity index (χ0) is 10.6. The van der Waals surface area contributed by atoms with Crippen LogP contribution in [0.15, 0.2) is 4.99 Å². The summed E-state index contributed by atoms with van der Waals surface area (Å²) in [6.45, 7) is 11.8. The summed E-state index contributed by atoms with van der Waals surface area (Å²) >= 11 is 0. The van der Waals surface area contributed by atoms with E-state index in [9.17, 15) is 0 Å². The van der Waals surface area contributed by atoms with Crippen LogP contribution in [0.1, 0.15) is 33.6 Å². The van der Waals surface area contributed by atoms with Gasteiger partial charge in [-0.3, -0.25) is 4.99 Å². The van der Waals surface area contributed by atoms with E-state index in [1.807, 2.05) is 6.34 Å². The van der Waals surface area contributed by atoms with Gasteiger partial charge in [-0.15, -0.1) is 0 Å². The predicted molar refractivity (Wildman–Crippen MR) is 64.1 cm³/mol. The first-order chi connectivity index (χ1) is 6.85. The molecule has 0 aliphatic heterocycles. The van der Waals surface area contributed by atoms with E-state index in [-0.39, 0.29) is 0 Å². The van der Waals surface area contributed by atoms with E-state index in [1.165, 1.54) is 12.8 Å². The maximum absolute atomic E-state index is 4.30. The second kappa shape index (κ2) is 10.5. The molecule has 0 amide bonds. The summed E-state index contributed by atoms with van der Waals surface area (Å²) in [5, 5.41) is 3.19. The number of hydrogen-bond acceptors (Lipinski definition) is 2. The summed E-state index contributed by atoms with van der Waals surface area (Å²) in [5.41, 5.74) is 0. The molecule has 0 unspecified atom stereocenters. The average molecular weight is 199 g/mol. The molecule has 0 saturated carbocycles. The maximum atomic E-state index is 4.30. The third-order valence-electron chi connectivity index (χ3n) is 2.30. The number of unbranched alkanes of at least 4 members (excludes halogenated alkanes) is 1. The van der Waals surface area contributed by atoms with Gasteiger partial charge in [0.2, 0.25) is 0 Å². The third-order valence-corrected chi connectivity index (χ3v) is 2.30. The molecule has 0 atom stereocenters. The van der Waals surface area contributed by atoms with Crippen LogP contribution in [-0.4, -0.2) is 44.0 Å². The lowest BCUT2D eigenvalue weighted by molar-refractivity contribution is 0.313. The first-order valence-corrected chi connectivity index (χ1v) is 5.79. The number of hydrogen-bond donors (Lipinski definition) is 1. The molecular formula is C11H25N3. The largest absolute Gasteiger partial charge is 0.376 e. The lowest BCUT2D eigenvalue weighted by atomic mass is 10.3. The monoisotopic (exact) mass is 199 g/mol. The predicted octanol–water partition coefficient (Wildman–Crippen LogP) is 1.75. The normalized spacial score (nSPS) is 11.4. The van der Waals surface area contributed by atoms with Gasteiger partial charge in [0, 0.05) is 13.1 Å². The van der Waals surface area contributed by atoms with Crippen LogP contribution in [0, 0.1) is 0 Å². The Morgan fingerprint density at radius 2 is 1.93 bits per heavy atom. The molecular weight excluding hydrogens is 174 g/mol. The van der Waals surface area contributed by atoms with Crippen LogP contribution in [-0.2, 0) is 0 Å². The van der Waals surface area contributed by atoms with Crippen molar-refractivity contribution in [3.8, 4) is 0 Å². The van der Waals surface area contributed by atoms with Crippen LogP contribution in [0.25, 0.3) is 0 Å². The summed E-state index contributed by atoms with van der Waals surface area (Å²) in [5.74, 6) is 0. The Balaban J connectivity index is 3.25. The van der Waals surface area contributed by atoms with Gasteiger partial charge in [0.05, 0.1) is 12.9 Å². The van der Waals surface area contributed by atoms with Crippen LogP contribution in [0.3, 0.4) is 0 Å². The van der Waals surface area contributed by atoms with Crippen molar-refractivity contribution in [2.75, 3.05) is 32.7 Å². The average Bonchev–Trinajstić information content (AvgIpc) is 2.22. The van der Waals surface area contributed by atoms with Gasteiger partial charge < -0.3 is 10.2 Å². The molecule has 84 valence electrons. The Labute approximate surface area is 88.6 Å². The van der Waals surface area contributed by atoms with Crippen LogP contribution >= 0.6 is 0 Å². The lowest BCUT2D eigenvalue weighted by Gasteiger charge is -2.15. The van der Waals surface area contributed by atoms with Gasteiger partial charge in [0.25, 0.3) is 0 Å². The topological polar surface area (TPSA) is 27.6 Å². The minimum absolute atomic E-state index is 0.904. The smallest absolute Gasteiger partial charge is 0.0824 e. The molecule has 0 bridgehead atoms. The van der Waals surface area contributed by atoms with E-state index in [0.29, 0.717) is 0 Å². The third kappa shape index (κ3) is 8.05. The van der Waals surface area contributed by atoms with E-state index in [4.69, 9.17) is 0 Å². The van der Waals surface area contributed by atoms with E-state index >= 15 is 0 Å². The van der Waals surface area contributed by atoms with Gasteiger partial charge in [0.1, 0.15) is 0 Å². The van der Waals surface area contributed by atoms with Crippen LogP contribution in [0.5, 0.6) is 0 Å². The van der Waals surface area contributed by atoms with Crippen molar-refractivity contribution < 1.29 is 0 Å². The zero-order valence-electron chi connectivity index (χ0n) is 9.92. The van der Waals surface area contributed by atoms with E-state index in [1.54, 1.807) is 0 Å². The molecule has 0 aliphatic carbocycles. The van der Waals surface area contributed by atoms with Gasteiger partial charge >= 0.3 is 0 Å². The SMILES string of the molecule is CCCCN/C=N/CCN(CC)CC. The maximum Gasteiger partial charge on any atom is 0.0824 e. The number of rotatable bonds is 9. The van der Waals surface area contributed by atoms with Crippen LogP contribution in [0.2, 0.25) is 0 Å². The molecule has 0 rings (SSSR count). The highest BCUT2D eigenvalue weighted by molar-refractivity contribution is 5.53. The first kappa shape index (κ1) is 13.4. The van der Waals surface area contributed by atoms with Crippen molar-refractivity contribution in [3.05, 3.63) is 0 Å². The van der Waals surface area contributed by atoms with Crippen LogP contribution < -0.4 is 5.32 Å².